The van der Waals surface area contributed by atoms with E-state index in [2.05, 4.69) is 12.2 Å². The molecule has 1 amide bonds. The third kappa shape index (κ3) is 2.37. The summed E-state index contributed by atoms with van der Waals surface area (Å²) < 4.78 is 0. The molecule has 1 fully saturated rings. The third-order valence-corrected chi connectivity index (χ3v) is 4.41. The number of anilines is 1. The van der Waals surface area contributed by atoms with E-state index in [9.17, 15) is 4.79 Å². The Morgan fingerprint density at radius 1 is 1.37 bits per heavy atom. The maximum absolute atomic E-state index is 12.5. The summed E-state index contributed by atoms with van der Waals surface area (Å²) in [5, 5.41) is 3.02. The van der Waals surface area contributed by atoms with Gasteiger partial charge in [0.1, 0.15) is 0 Å². The second-order valence-corrected chi connectivity index (χ2v) is 6.12. The molecule has 3 N–H and O–H groups in total. The zero-order valence-electron chi connectivity index (χ0n) is 11.6. The number of nitrogens with one attached hydrogen (secondary N) is 1. The average molecular weight is 276 g/mol. The number of benzene rings is 1. The van der Waals surface area contributed by atoms with Crippen LogP contribution in [0.1, 0.15) is 30.9 Å². The molecular formula is C15H20N2OS. The lowest BCUT2D eigenvalue weighted by Gasteiger charge is -2.44. The number of thiocarbonyl (C=S) groups is 1. The molecule has 1 aliphatic rings. The van der Waals surface area contributed by atoms with Gasteiger partial charge in [-0.25, -0.2) is 0 Å². The van der Waals surface area contributed by atoms with Gasteiger partial charge in [-0.05, 0) is 43.7 Å². The molecule has 0 bridgehead atoms. The number of aryl methyl sites for hydroxylation is 2. The van der Waals surface area contributed by atoms with Gasteiger partial charge in [-0.2, -0.15) is 0 Å². The highest BCUT2D eigenvalue weighted by Gasteiger charge is 2.50. The molecule has 2 rings (SSSR count). The van der Waals surface area contributed by atoms with E-state index in [1.165, 1.54) is 0 Å². The van der Waals surface area contributed by atoms with Gasteiger partial charge in [0.25, 0.3) is 0 Å². The van der Waals surface area contributed by atoms with Crippen molar-refractivity contribution in [2.24, 2.45) is 17.1 Å². The van der Waals surface area contributed by atoms with Crippen LogP contribution < -0.4 is 11.1 Å². The average Bonchev–Trinajstić information content (AvgIpc) is 2.29. The molecule has 0 aliphatic heterocycles. The minimum Gasteiger partial charge on any atom is -0.392 e. The molecule has 0 spiro atoms. The predicted molar refractivity (Wildman–Crippen MR) is 82.2 cm³/mol. The Morgan fingerprint density at radius 2 is 1.89 bits per heavy atom. The van der Waals surface area contributed by atoms with E-state index in [0.29, 0.717) is 10.9 Å². The first kappa shape index (κ1) is 14.0. The number of rotatable bonds is 3. The molecule has 0 saturated heterocycles. The molecule has 1 aliphatic carbocycles. The van der Waals surface area contributed by atoms with Crippen molar-refractivity contribution in [3.63, 3.8) is 0 Å². The number of nitrogens with two attached hydrogens (primary N) is 1. The Balaban J connectivity index is 2.24. The van der Waals surface area contributed by atoms with Gasteiger partial charge < -0.3 is 11.1 Å². The normalized spacial score (nSPS) is 25.5. The van der Waals surface area contributed by atoms with Gasteiger partial charge in [0.2, 0.25) is 5.91 Å². The second kappa shape index (κ2) is 4.93. The predicted octanol–water partition coefficient (Wildman–Crippen LogP) is 2.94. The fraction of sp³-hybridized carbons (Fsp3) is 0.467. The number of hydrogen-bond acceptors (Lipinski definition) is 2. The van der Waals surface area contributed by atoms with Crippen molar-refractivity contribution in [3.05, 3.63) is 29.3 Å². The molecule has 0 atom stereocenters. The molecule has 1 aromatic rings. The topological polar surface area (TPSA) is 55.1 Å². The molecule has 1 saturated carbocycles. The van der Waals surface area contributed by atoms with Crippen LogP contribution in [0.5, 0.6) is 0 Å². The SMILES string of the molecule is Cc1cccc(C)c1NC(=O)C1(C(N)=S)CC(C)C1. The first-order chi connectivity index (χ1) is 8.86. The standard InChI is InChI=1S/C15H20N2OS/c1-9-7-15(8-9,13(16)19)14(18)17-12-10(2)5-4-6-11(12)3/h4-6,9H,7-8H2,1-3H3,(H2,16,19)(H,17,18). The van der Waals surface area contributed by atoms with Crippen molar-refractivity contribution in [3.8, 4) is 0 Å². The summed E-state index contributed by atoms with van der Waals surface area (Å²) in [5.41, 5.74) is 8.13. The monoisotopic (exact) mass is 276 g/mol. The zero-order chi connectivity index (χ0) is 14.2. The zero-order valence-corrected chi connectivity index (χ0v) is 12.4. The molecule has 0 heterocycles. The number of carbonyl (C=O) groups excluding carboxylic acids is 1. The Labute approximate surface area is 119 Å². The van der Waals surface area contributed by atoms with Crippen LogP contribution in [0.3, 0.4) is 0 Å². The summed E-state index contributed by atoms with van der Waals surface area (Å²) in [4.78, 5) is 12.8. The highest BCUT2D eigenvalue weighted by atomic mass is 32.1. The maximum atomic E-state index is 12.5. The summed E-state index contributed by atoms with van der Waals surface area (Å²) in [7, 11) is 0. The molecule has 102 valence electrons. The van der Waals surface area contributed by atoms with E-state index >= 15 is 0 Å². The van der Waals surface area contributed by atoms with Crippen LogP contribution in [-0.2, 0) is 4.79 Å². The van der Waals surface area contributed by atoms with Crippen LogP contribution in [0.2, 0.25) is 0 Å². The van der Waals surface area contributed by atoms with E-state index in [-0.39, 0.29) is 5.91 Å². The number of para-hydroxylation sites is 1. The van der Waals surface area contributed by atoms with E-state index in [1.807, 2.05) is 32.0 Å². The molecule has 4 heteroatoms. The molecule has 0 aromatic heterocycles. The van der Waals surface area contributed by atoms with E-state index in [1.54, 1.807) is 0 Å². The van der Waals surface area contributed by atoms with Crippen molar-refractivity contribution in [1.82, 2.24) is 0 Å². The van der Waals surface area contributed by atoms with Crippen molar-refractivity contribution in [2.45, 2.75) is 33.6 Å². The van der Waals surface area contributed by atoms with E-state index < -0.39 is 5.41 Å². The van der Waals surface area contributed by atoms with Crippen LogP contribution in [0.4, 0.5) is 5.69 Å². The first-order valence-corrected chi connectivity index (χ1v) is 6.95. The Hall–Kier alpha value is -1.42. The maximum Gasteiger partial charge on any atom is 0.237 e. The van der Waals surface area contributed by atoms with Crippen molar-refractivity contribution >= 4 is 28.8 Å². The lowest BCUT2D eigenvalue weighted by atomic mass is 9.62. The van der Waals surface area contributed by atoms with E-state index in [4.69, 9.17) is 18.0 Å². The van der Waals surface area contributed by atoms with E-state index in [0.717, 1.165) is 29.7 Å². The van der Waals surface area contributed by atoms with Gasteiger partial charge in [-0.15, -0.1) is 0 Å². The van der Waals surface area contributed by atoms with Crippen LogP contribution in [0, 0.1) is 25.2 Å². The molecule has 3 nitrogen and oxygen atoms in total. The summed E-state index contributed by atoms with van der Waals surface area (Å²) in [5.74, 6) is 0.445. The van der Waals surface area contributed by atoms with Crippen molar-refractivity contribution < 1.29 is 4.79 Å². The summed E-state index contributed by atoms with van der Waals surface area (Å²) in [6.45, 7) is 6.09. The lowest BCUT2D eigenvalue weighted by Crippen LogP contribution is -2.54. The smallest absolute Gasteiger partial charge is 0.237 e. The molecule has 19 heavy (non-hydrogen) atoms. The van der Waals surface area contributed by atoms with Gasteiger partial charge >= 0.3 is 0 Å². The third-order valence-electron chi connectivity index (χ3n) is 4.02. The minimum absolute atomic E-state index is 0.0597. The van der Waals surface area contributed by atoms with Gasteiger partial charge in [-0.3, -0.25) is 4.79 Å². The molecule has 1 aromatic carbocycles. The Morgan fingerprint density at radius 3 is 2.32 bits per heavy atom. The highest BCUT2D eigenvalue weighted by Crippen LogP contribution is 2.46. The van der Waals surface area contributed by atoms with Crippen LogP contribution in [-0.4, -0.2) is 10.9 Å². The lowest BCUT2D eigenvalue weighted by molar-refractivity contribution is -0.127. The largest absolute Gasteiger partial charge is 0.392 e. The van der Waals surface area contributed by atoms with Crippen LogP contribution in [0.15, 0.2) is 18.2 Å². The molecular weight excluding hydrogens is 256 g/mol. The Bertz CT molecular complexity index is 513. The first-order valence-electron chi connectivity index (χ1n) is 6.54. The number of carbonyl (C=O) groups is 1. The minimum atomic E-state index is -0.649. The summed E-state index contributed by atoms with van der Waals surface area (Å²) in [6.07, 6.45) is 1.50. The van der Waals surface area contributed by atoms with Crippen molar-refractivity contribution in [1.29, 1.82) is 0 Å². The van der Waals surface area contributed by atoms with Gasteiger partial charge in [0.05, 0.1) is 10.4 Å². The number of hydrogen-bond donors (Lipinski definition) is 2. The quantitative estimate of drug-likeness (QED) is 0.835. The van der Waals surface area contributed by atoms with Gasteiger partial charge in [-0.1, -0.05) is 37.3 Å². The second-order valence-electron chi connectivity index (χ2n) is 5.68. The summed E-state index contributed by atoms with van der Waals surface area (Å²) in [6, 6.07) is 5.95. The van der Waals surface area contributed by atoms with Crippen molar-refractivity contribution in [2.75, 3.05) is 5.32 Å². The van der Waals surface area contributed by atoms with Crippen LogP contribution in [0.25, 0.3) is 0 Å². The number of amides is 1. The van der Waals surface area contributed by atoms with Crippen LogP contribution >= 0.6 is 12.2 Å². The highest BCUT2D eigenvalue weighted by molar-refractivity contribution is 7.80. The fourth-order valence-corrected chi connectivity index (χ4v) is 3.13. The fourth-order valence-electron chi connectivity index (χ4n) is 2.87. The molecule has 0 radical (unpaired) electrons. The summed E-state index contributed by atoms with van der Waals surface area (Å²) >= 11 is 5.11. The van der Waals surface area contributed by atoms with Gasteiger partial charge in [0, 0.05) is 5.69 Å². The van der Waals surface area contributed by atoms with Gasteiger partial charge in [0.15, 0.2) is 0 Å². The molecule has 0 unspecified atom stereocenters. The Kier molecular flexibility index (Phi) is 3.63.